The van der Waals surface area contributed by atoms with Gasteiger partial charge in [0.1, 0.15) is 10.8 Å². The Balaban J connectivity index is 1.42. The molecule has 6 heteroatoms. The summed E-state index contributed by atoms with van der Waals surface area (Å²) in [6.45, 7) is 0. The standard InChI is InChI=1S/C24H17ClN2O2S/c25-17-8-6-15(7-9-17)21-13-30-24(27-21)19-12-18-20(26-23(19)29)10-16(11-22(18)28)14-4-2-1-3-5-14/h1-9,12-13,16,18H,10-11H2. The number of amides is 1. The van der Waals surface area contributed by atoms with E-state index in [2.05, 4.69) is 9.98 Å². The van der Waals surface area contributed by atoms with E-state index in [0.29, 0.717) is 34.2 Å². The van der Waals surface area contributed by atoms with Gasteiger partial charge in [-0.3, -0.25) is 9.59 Å². The molecule has 0 N–H and O–H groups in total. The lowest BCUT2D eigenvalue weighted by molar-refractivity contribution is -0.120. The van der Waals surface area contributed by atoms with Crippen molar-refractivity contribution in [2.45, 2.75) is 18.8 Å². The number of hydrogen-bond acceptors (Lipinski definition) is 4. The fourth-order valence-corrected chi connectivity index (χ4v) is 4.99. The lowest BCUT2D eigenvalue weighted by Gasteiger charge is -2.29. The van der Waals surface area contributed by atoms with Gasteiger partial charge in [0, 0.05) is 28.1 Å². The highest BCUT2D eigenvalue weighted by molar-refractivity contribution is 7.11. The molecule has 1 amide bonds. The van der Waals surface area contributed by atoms with E-state index in [1.54, 1.807) is 18.2 Å². The van der Waals surface area contributed by atoms with Gasteiger partial charge in [-0.2, -0.15) is 0 Å². The Morgan fingerprint density at radius 1 is 0.967 bits per heavy atom. The molecule has 2 heterocycles. The molecule has 1 fully saturated rings. The summed E-state index contributed by atoms with van der Waals surface area (Å²) < 4.78 is 0. The first-order valence-corrected chi connectivity index (χ1v) is 11.0. The number of fused-ring (bicyclic) bond motifs is 1. The molecular weight excluding hydrogens is 416 g/mol. The monoisotopic (exact) mass is 432 g/mol. The van der Waals surface area contributed by atoms with Crippen molar-refractivity contribution in [1.29, 1.82) is 0 Å². The third kappa shape index (κ3) is 3.55. The van der Waals surface area contributed by atoms with Gasteiger partial charge in [0.2, 0.25) is 0 Å². The Bertz CT molecular complexity index is 1200. The molecule has 3 aromatic rings. The number of aromatic nitrogens is 1. The highest BCUT2D eigenvalue weighted by Gasteiger charge is 2.37. The van der Waals surface area contributed by atoms with Gasteiger partial charge in [-0.1, -0.05) is 60.1 Å². The number of ketones is 1. The molecule has 0 radical (unpaired) electrons. The molecule has 2 unspecified atom stereocenters. The smallest absolute Gasteiger partial charge is 0.279 e. The molecule has 0 bridgehead atoms. The van der Waals surface area contributed by atoms with Crippen molar-refractivity contribution in [3.05, 3.63) is 81.6 Å². The van der Waals surface area contributed by atoms with Gasteiger partial charge in [0.25, 0.3) is 5.91 Å². The quantitative estimate of drug-likeness (QED) is 0.542. The second-order valence-corrected chi connectivity index (χ2v) is 8.79. The average Bonchev–Trinajstić information content (AvgIpc) is 3.24. The van der Waals surface area contributed by atoms with Crippen LogP contribution in [0, 0.1) is 5.92 Å². The van der Waals surface area contributed by atoms with E-state index in [9.17, 15) is 9.59 Å². The number of Topliss-reactive ketones (excluding diaryl/α,β-unsaturated/α-hetero) is 1. The molecule has 30 heavy (non-hydrogen) atoms. The molecule has 148 valence electrons. The molecule has 4 nitrogen and oxygen atoms in total. The minimum absolute atomic E-state index is 0.0767. The molecule has 1 aliphatic heterocycles. The molecule has 2 aromatic carbocycles. The molecule has 0 spiro atoms. The van der Waals surface area contributed by atoms with Crippen LogP contribution in [0.5, 0.6) is 0 Å². The minimum atomic E-state index is -0.430. The fourth-order valence-electron chi connectivity index (χ4n) is 4.01. The zero-order chi connectivity index (χ0) is 20.7. The zero-order valence-electron chi connectivity index (χ0n) is 15.9. The molecule has 1 aliphatic carbocycles. The number of allylic oxidation sites excluding steroid dienone is 1. The normalized spacial score (nSPS) is 21.1. The number of carbonyl (C=O) groups excluding carboxylic acids is 2. The van der Waals surface area contributed by atoms with Gasteiger partial charge >= 0.3 is 0 Å². The molecule has 2 atom stereocenters. The SMILES string of the molecule is O=C1N=C2CC(c3ccccc3)CC(=O)C2C=C1c1nc(-c2ccc(Cl)cc2)cs1. The van der Waals surface area contributed by atoms with Crippen molar-refractivity contribution < 1.29 is 9.59 Å². The summed E-state index contributed by atoms with van der Waals surface area (Å²) in [4.78, 5) is 34.6. The van der Waals surface area contributed by atoms with E-state index < -0.39 is 5.92 Å². The van der Waals surface area contributed by atoms with E-state index >= 15 is 0 Å². The minimum Gasteiger partial charge on any atom is -0.299 e. The van der Waals surface area contributed by atoms with Crippen molar-refractivity contribution in [3.63, 3.8) is 0 Å². The highest BCUT2D eigenvalue weighted by Crippen LogP contribution is 2.37. The second-order valence-electron chi connectivity index (χ2n) is 7.49. The third-order valence-corrected chi connectivity index (χ3v) is 6.69. The van der Waals surface area contributed by atoms with Gasteiger partial charge in [-0.25, -0.2) is 9.98 Å². The molecule has 0 saturated heterocycles. The number of benzene rings is 2. The van der Waals surface area contributed by atoms with Gasteiger partial charge in [0.15, 0.2) is 0 Å². The van der Waals surface area contributed by atoms with Crippen molar-refractivity contribution >= 4 is 45.9 Å². The van der Waals surface area contributed by atoms with Crippen LogP contribution in [0.4, 0.5) is 0 Å². The summed E-state index contributed by atoms with van der Waals surface area (Å²) in [6, 6.07) is 17.3. The maximum absolute atomic E-state index is 12.9. The third-order valence-electron chi connectivity index (χ3n) is 5.56. The molecule has 5 rings (SSSR count). The molecule has 2 aliphatic rings. The first-order chi connectivity index (χ1) is 14.6. The number of rotatable bonds is 3. The van der Waals surface area contributed by atoms with Crippen LogP contribution in [0.2, 0.25) is 5.02 Å². The Morgan fingerprint density at radius 3 is 2.50 bits per heavy atom. The van der Waals surface area contributed by atoms with E-state index in [-0.39, 0.29) is 17.6 Å². The fraction of sp³-hybridized carbons (Fsp3) is 0.167. The van der Waals surface area contributed by atoms with Gasteiger partial charge in [0.05, 0.1) is 17.2 Å². The number of thiazole rings is 1. The predicted molar refractivity (Wildman–Crippen MR) is 120 cm³/mol. The predicted octanol–water partition coefficient (Wildman–Crippen LogP) is 5.59. The summed E-state index contributed by atoms with van der Waals surface area (Å²) in [5.74, 6) is -0.568. The van der Waals surface area contributed by atoms with Crippen molar-refractivity contribution in [2.75, 3.05) is 0 Å². The van der Waals surface area contributed by atoms with Gasteiger partial charge in [-0.15, -0.1) is 11.3 Å². The zero-order valence-corrected chi connectivity index (χ0v) is 17.5. The summed E-state index contributed by atoms with van der Waals surface area (Å²) in [7, 11) is 0. The molecule has 1 saturated carbocycles. The van der Waals surface area contributed by atoms with Crippen LogP contribution < -0.4 is 0 Å². The van der Waals surface area contributed by atoms with E-state index in [1.807, 2.05) is 47.8 Å². The summed E-state index contributed by atoms with van der Waals surface area (Å²) >= 11 is 7.34. The maximum Gasteiger partial charge on any atom is 0.279 e. The summed E-state index contributed by atoms with van der Waals surface area (Å²) in [5.41, 5.74) is 3.90. The number of dihydropyridines is 1. The first kappa shape index (κ1) is 19.1. The van der Waals surface area contributed by atoms with Crippen molar-refractivity contribution in [1.82, 2.24) is 4.98 Å². The number of halogens is 1. The number of carbonyl (C=O) groups is 2. The highest BCUT2D eigenvalue weighted by atomic mass is 35.5. The Labute approximate surface area is 183 Å². The van der Waals surface area contributed by atoms with Crippen LogP contribution in [0.25, 0.3) is 16.8 Å². The topological polar surface area (TPSA) is 59.4 Å². The summed E-state index contributed by atoms with van der Waals surface area (Å²) in [6.07, 6.45) is 2.85. The first-order valence-electron chi connectivity index (χ1n) is 9.71. The lowest BCUT2D eigenvalue weighted by atomic mass is 9.75. The molecular formula is C24H17ClN2O2S. The number of nitrogens with zero attached hydrogens (tertiary/aromatic N) is 2. The van der Waals surface area contributed by atoms with Crippen LogP contribution in [0.1, 0.15) is 29.3 Å². The van der Waals surface area contributed by atoms with Crippen molar-refractivity contribution in [3.8, 4) is 11.3 Å². The largest absolute Gasteiger partial charge is 0.299 e. The van der Waals surface area contributed by atoms with Crippen molar-refractivity contribution in [2.24, 2.45) is 10.9 Å². The van der Waals surface area contributed by atoms with Crippen LogP contribution in [-0.2, 0) is 9.59 Å². The average molecular weight is 433 g/mol. The van der Waals surface area contributed by atoms with Crippen LogP contribution >= 0.6 is 22.9 Å². The van der Waals surface area contributed by atoms with Crippen LogP contribution in [-0.4, -0.2) is 22.4 Å². The van der Waals surface area contributed by atoms with Crippen LogP contribution in [0.3, 0.4) is 0 Å². The summed E-state index contributed by atoms with van der Waals surface area (Å²) in [5, 5.41) is 3.15. The Morgan fingerprint density at radius 2 is 1.73 bits per heavy atom. The Hall–Kier alpha value is -2.89. The number of aliphatic imine (C=N–C) groups is 1. The lowest BCUT2D eigenvalue weighted by Crippen LogP contribution is -2.34. The van der Waals surface area contributed by atoms with E-state index in [1.165, 1.54) is 11.3 Å². The Kier molecular flexibility index (Phi) is 4.93. The maximum atomic E-state index is 12.9. The van der Waals surface area contributed by atoms with Gasteiger partial charge < -0.3 is 0 Å². The van der Waals surface area contributed by atoms with E-state index in [4.69, 9.17) is 11.6 Å². The second kappa shape index (κ2) is 7.74. The van der Waals surface area contributed by atoms with E-state index in [0.717, 1.165) is 16.8 Å². The number of hydrogen-bond donors (Lipinski definition) is 0. The van der Waals surface area contributed by atoms with Crippen LogP contribution in [0.15, 0.2) is 71.0 Å². The molecule has 1 aromatic heterocycles. The van der Waals surface area contributed by atoms with Gasteiger partial charge in [-0.05, 0) is 30.0 Å².